The van der Waals surface area contributed by atoms with Crippen molar-refractivity contribution >= 4 is 33.2 Å². The minimum atomic E-state index is 0.684. The van der Waals surface area contributed by atoms with Crippen molar-refractivity contribution < 1.29 is 0 Å². The molecule has 1 saturated heterocycles. The highest BCUT2D eigenvalue weighted by Crippen LogP contribution is 2.32. The van der Waals surface area contributed by atoms with Crippen molar-refractivity contribution in [1.82, 2.24) is 20.5 Å². The molecular weight excluding hydrogens is 338 g/mol. The van der Waals surface area contributed by atoms with E-state index in [1.807, 2.05) is 18.5 Å². The average molecular weight is 356 g/mol. The molecule has 2 aromatic heterocycles. The normalized spacial score (nSPS) is 19.5. The molecule has 20 heavy (non-hydrogen) atoms. The summed E-state index contributed by atoms with van der Waals surface area (Å²) in [5.74, 6) is 2.35. The van der Waals surface area contributed by atoms with Crippen LogP contribution < -0.4 is 10.2 Å². The zero-order valence-electron chi connectivity index (χ0n) is 11.4. The van der Waals surface area contributed by atoms with Crippen LogP contribution in [-0.2, 0) is 0 Å². The largest absolute Gasteiger partial charge is 0.339 e. The van der Waals surface area contributed by atoms with Gasteiger partial charge in [-0.1, -0.05) is 0 Å². The zero-order chi connectivity index (χ0) is 13.9. The SMILES string of the molecule is CNCC1CCCN(c2n[nH]c(-c3sccc3Br)n2)C1. The molecular formula is C13H18BrN5S. The maximum absolute atomic E-state index is 4.65. The van der Waals surface area contributed by atoms with Crippen molar-refractivity contribution in [3.8, 4) is 10.7 Å². The number of anilines is 1. The number of aromatic amines is 1. The fourth-order valence-electron chi connectivity index (χ4n) is 2.66. The highest BCUT2D eigenvalue weighted by atomic mass is 79.9. The van der Waals surface area contributed by atoms with Crippen LogP contribution in [0.4, 0.5) is 5.95 Å². The molecule has 2 N–H and O–H groups in total. The van der Waals surface area contributed by atoms with Crippen molar-refractivity contribution in [1.29, 1.82) is 0 Å². The first kappa shape index (κ1) is 14.0. The Morgan fingerprint density at radius 1 is 1.60 bits per heavy atom. The summed E-state index contributed by atoms with van der Waals surface area (Å²) >= 11 is 5.20. The number of aromatic nitrogens is 3. The summed E-state index contributed by atoms with van der Waals surface area (Å²) in [5.41, 5.74) is 0. The Bertz CT molecular complexity index is 565. The number of hydrogen-bond acceptors (Lipinski definition) is 5. The number of nitrogens with one attached hydrogen (secondary N) is 2. The van der Waals surface area contributed by atoms with E-state index in [0.29, 0.717) is 5.92 Å². The number of H-pyrrole nitrogens is 1. The Morgan fingerprint density at radius 3 is 3.25 bits per heavy atom. The summed E-state index contributed by atoms with van der Waals surface area (Å²) in [4.78, 5) is 8.04. The summed E-state index contributed by atoms with van der Waals surface area (Å²) in [6, 6.07) is 2.03. The minimum Gasteiger partial charge on any atom is -0.339 e. The van der Waals surface area contributed by atoms with Gasteiger partial charge in [0, 0.05) is 17.6 Å². The average Bonchev–Trinajstić information content (AvgIpc) is 3.08. The van der Waals surface area contributed by atoms with Crippen LogP contribution >= 0.6 is 27.3 Å². The first-order valence-electron chi connectivity index (χ1n) is 6.83. The summed E-state index contributed by atoms with van der Waals surface area (Å²) < 4.78 is 1.07. The van der Waals surface area contributed by atoms with Crippen LogP contribution in [0.25, 0.3) is 10.7 Å². The summed E-state index contributed by atoms with van der Waals surface area (Å²) in [6.45, 7) is 3.14. The van der Waals surface area contributed by atoms with Crippen molar-refractivity contribution in [2.45, 2.75) is 12.8 Å². The Labute approximate surface area is 130 Å². The lowest BCUT2D eigenvalue weighted by Gasteiger charge is -2.31. The van der Waals surface area contributed by atoms with E-state index in [9.17, 15) is 0 Å². The number of nitrogens with zero attached hydrogens (tertiary/aromatic N) is 3. The lowest BCUT2D eigenvalue weighted by molar-refractivity contribution is 0.399. The second-order valence-electron chi connectivity index (χ2n) is 5.09. The smallest absolute Gasteiger partial charge is 0.245 e. The molecule has 108 valence electrons. The number of thiophene rings is 1. The summed E-state index contributed by atoms with van der Waals surface area (Å²) in [5, 5.41) is 12.8. The molecule has 0 saturated carbocycles. The van der Waals surface area contributed by atoms with Crippen LogP contribution in [0.5, 0.6) is 0 Å². The van der Waals surface area contributed by atoms with Gasteiger partial charge in [-0.2, -0.15) is 4.98 Å². The number of piperidine rings is 1. The Hall–Kier alpha value is -0.920. The van der Waals surface area contributed by atoms with Gasteiger partial charge in [0.15, 0.2) is 5.82 Å². The standard InChI is InChI=1S/C13H18BrN5S/c1-15-7-9-3-2-5-19(8-9)13-16-12(17-18-13)11-10(14)4-6-20-11/h4,6,9,15H,2-3,5,7-8H2,1H3,(H,16,17,18). The molecule has 0 aliphatic carbocycles. The lowest BCUT2D eigenvalue weighted by Crippen LogP contribution is -2.39. The highest BCUT2D eigenvalue weighted by molar-refractivity contribution is 9.10. The third kappa shape index (κ3) is 2.89. The molecule has 1 aliphatic rings. The Balaban J connectivity index is 1.75. The molecule has 0 amide bonds. The van der Waals surface area contributed by atoms with E-state index >= 15 is 0 Å². The van der Waals surface area contributed by atoms with E-state index in [1.165, 1.54) is 12.8 Å². The van der Waals surface area contributed by atoms with Crippen LogP contribution in [0.1, 0.15) is 12.8 Å². The first-order chi connectivity index (χ1) is 9.78. The van der Waals surface area contributed by atoms with Gasteiger partial charge in [0.1, 0.15) is 0 Å². The summed E-state index contributed by atoms with van der Waals surface area (Å²) in [7, 11) is 2.01. The second kappa shape index (κ2) is 6.24. The van der Waals surface area contributed by atoms with Crippen molar-refractivity contribution in [2.24, 2.45) is 5.92 Å². The van der Waals surface area contributed by atoms with Crippen molar-refractivity contribution in [2.75, 3.05) is 31.6 Å². The zero-order valence-corrected chi connectivity index (χ0v) is 13.8. The molecule has 0 bridgehead atoms. The van der Waals surface area contributed by atoms with E-state index < -0.39 is 0 Å². The number of hydrogen-bond donors (Lipinski definition) is 2. The predicted molar refractivity (Wildman–Crippen MR) is 86.3 cm³/mol. The topological polar surface area (TPSA) is 56.8 Å². The Morgan fingerprint density at radius 2 is 2.50 bits per heavy atom. The van der Waals surface area contributed by atoms with Gasteiger partial charge in [0.25, 0.3) is 0 Å². The van der Waals surface area contributed by atoms with Crippen LogP contribution in [0, 0.1) is 5.92 Å². The molecule has 5 nitrogen and oxygen atoms in total. The van der Waals surface area contributed by atoms with Gasteiger partial charge < -0.3 is 10.2 Å². The second-order valence-corrected chi connectivity index (χ2v) is 6.86. The fourth-order valence-corrected chi connectivity index (χ4v) is 4.16. The maximum Gasteiger partial charge on any atom is 0.245 e. The Kier molecular flexibility index (Phi) is 4.38. The van der Waals surface area contributed by atoms with E-state index in [1.54, 1.807) is 11.3 Å². The lowest BCUT2D eigenvalue weighted by atomic mass is 9.98. The third-order valence-corrected chi connectivity index (χ3v) is 5.44. The van der Waals surface area contributed by atoms with E-state index in [2.05, 4.69) is 41.3 Å². The van der Waals surface area contributed by atoms with Crippen LogP contribution in [0.3, 0.4) is 0 Å². The van der Waals surface area contributed by atoms with Gasteiger partial charge in [-0.15, -0.1) is 16.4 Å². The molecule has 3 rings (SSSR count). The number of halogens is 1. The van der Waals surface area contributed by atoms with E-state index in [-0.39, 0.29) is 0 Å². The van der Waals surface area contributed by atoms with Gasteiger partial charge in [-0.05, 0) is 59.7 Å². The first-order valence-corrected chi connectivity index (χ1v) is 8.50. The molecule has 1 fully saturated rings. The third-order valence-electron chi connectivity index (χ3n) is 3.60. The van der Waals surface area contributed by atoms with Crippen LogP contribution in [0.2, 0.25) is 0 Å². The van der Waals surface area contributed by atoms with Crippen molar-refractivity contribution in [3.63, 3.8) is 0 Å². The van der Waals surface area contributed by atoms with Crippen molar-refractivity contribution in [3.05, 3.63) is 15.9 Å². The molecule has 0 radical (unpaired) electrons. The maximum atomic E-state index is 4.65. The van der Waals surface area contributed by atoms with Gasteiger partial charge >= 0.3 is 0 Å². The van der Waals surface area contributed by atoms with E-state index in [0.717, 1.165) is 40.8 Å². The highest BCUT2D eigenvalue weighted by Gasteiger charge is 2.22. The fraction of sp³-hybridized carbons (Fsp3) is 0.538. The number of rotatable bonds is 4. The minimum absolute atomic E-state index is 0.684. The molecule has 2 aromatic rings. The molecule has 7 heteroatoms. The molecule has 0 aromatic carbocycles. The van der Waals surface area contributed by atoms with Crippen LogP contribution in [0.15, 0.2) is 15.9 Å². The summed E-state index contributed by atoms with van der Waals surface area (Å²) in [6.07, 6.45) is 2.49. The molecule has 1 atom stereocenters. The van der Waals surface area contributed by atoms with Gasteiger partial charge in [-0.3, -0.25) is 5.10 Å². The quantitative estimate of drug-likeness (QED) is 0.885. The molecule has 1 aliphatic heterocycles. The van der Waals surface area contributed by atoms with Gasteiger partial charge in [0.05, 0.1) is 4.88 Å². The monoisotopic (exact) mass is 355 g/mol. The molecule has 0 spiro atoms. The van der Waals surface area contributed by atoms with Gasteiger partial charge in [0.2, 0.25) is 5.95 Å². The van der Waals surface area contributed by atoms with Gasteiger partial charge in [-0.25, -0.2) is 0 Å². The molecule has 1 unspecified atom stereocenters. The predicted octanol–water partition coefficient (Wildman–Crippen LogP) is 2.73. The molecule has 3 heterocycles. The van der Waals surface area contributed by atoms with Crippen LogP contribution in [-0.4, -0.2) is 41.9 Å². The van der Waals surface area contributed by atoms with E-state index in [4.69, 9.17) is 0 Å².